The fourth-order valence-electron chi connectivity index (χ4n) is 10.4. The molecule has 21 heteroatoms. The minimum absolute atomic E-state index is 0. The molecule has 0 amide bonds. The second-order valence-corrected chi connectivity index (χ2v) is 23.7. The number of rotatable bonds is 21. The smallest absolute Gasteiger partial charge is 0.356 e. The van der Waals surface area contributed by atoms with Crippen LogP contribution in [0.25, 0.3) is 21.9 Å². The first-order chi connectivity index (χ1) is 38.3. The largest absolute Gasteiger partial charge is 0.493 e. The molecule has 2 saturated carbocycles. The second-order valence-electron chi connectivity index (χ2n) is 22.4. The Labute approximate surface area is 516 Å². The zero-order chi connectivity index (χ0) is 55.3. The molecule has 7 heterocycles. The van der Waals surface area contributed by atoms with Gasteiger partial charge in [-0.15, -0.1) is 37.2 Å². The average Bonchev–Trinajstić information content (AvgIpc) is 4.45. The number of aromatic nitrogens is 5. The number of aryl methyl sites for hydroxylation is 2. The summed E-state index contributed by atoms with van der Waals surface area (Å²) < 4.78 is 28.5. The molecular weight excluding hydrogens is 1170 g/mol. The number of carbonyl (C=O) groups is 1. The van der Waals surface area contributed by atoms with Crippen molar-refractivity contribution in [3.8, 4) is 11.5 Å². The summed E-state index contributed by atoms with van der Waals surface area (Å²) in [6.07, 6.45) is 19.2. The topological polar surface area (TPSA) is 148 Å². The number of benzene rings is 2. The van der Waals surface area contributed by atoms with Gasteiger partial charge in [0.25, 0.3) is 0 Å². The van der Waals surface area contributed by atoms with Crippen molar-refractivity contribution in [3.63, 3.8) is 0 Å². The number of methoxy groups -OCH3 is 1. The van der Waals surface area contributed by atoms with Crippen LogP contribution in [0.5, 0.6) is 11.5 Å². The molecule has 446 valence electrons. The number of nitrogens with zero attached hydrogens (tertiary/aromatic N) is 9. The van der Waals surface area contributed by atoms with E-state index >= 15 is 0 Å². The second kappa shape index (κ2) is 32.7. The minimum Gasteiger partial charge on any atom is -0.493 e. The first-order valence-electron chi connectivity index (χ1n) is 28.0. The third kappa shape index (κ3) is 19.8. The van der Waals surface area contributed by atoms with E-state index in [-0.39, 0.29) is 42.9 Å². The number of halogens is 6. The van der Waals surface area contributed by atoms with Crippen LogP contribution in [0.1, 0.15) is 109 Å². The summed E-state index contributed by atoms with van der Waals surface area (Å²) in [5.41, 5.74) is 8.49. The molecule has 0 N–H and O–H groups in total. The molecule has 0 atom stereocenters. The number of esters is 1. The Morgan fingerprint density at radius 3 is 1.33 bits per heavy atom. The number of fused-ring (bicyclic) bond motifs is 2. The maximum atomic E-state index is 10.8. The summed E-state index contributed by atoms with van der Waals surface area (Å²) in [6, 6.07) is 19.2. The number of likely N-dealkylation sites (tertiary alicyclic amines) is 2. The first-order valence-corrected chi connectivity index (χ1v) is 29.2. The molecule has 0 unspecified atom stereocenters. The van der Waals surface area contributed by atoms with Gasteiger partial charge in [0.2, 0.25) is 0 Å². The Hall–Kier alpha value is -4.52. The number of pyridine rings is 3. The maximum absolute atomic E-state index is 10.8. The van der Waals surface area contributed by atoms with Crippen molar-refractivity contribution in [2.75, 3.05) is 74.7 Å². The van der Waals surface area contributed by atoms with Crippen LogP contribution in [-0.4, -0.2) is 126 Å². The summed E-state index contributed by atoms with van der Waals surface area (Å²) in [5.74, 6) is 4.29. The Balaban J connectivity index is 0.000000216. The first kappa shape index (κ1) is 66.6. The van der Waals surface area contributed by atoms with Crippen LogP contribution >= 0.6 is 72.0 Å². The maximum Gasteiger partial charge on any atom is 0.356 e. The van der Waals surface area contributed by atoms with Crippen LogP contribution < -0.4 is 9.47 Å². The Kier molecular flexibility index (Phi) is 26.5. The molecule has 0 radical (unpaired) electrons. The van der Waals surface area contributed by atoms with E-state index in [2.05, 4.69) is 102 Å². The van der Waals surface area contributed by atoms with Crippen LogP contribution in [0.3, 0.4) is 0 Å². The Morgan fingerprint density at radius 1 is 0.561 bits per heavy atom. The predicted molar refractivity (Wildman–Crippen MR) is 333 cm³/mol. The molecule has 2 aromatic carbocycles. The highest BCUT2D eigenvalue weighted by Gasteiger charge is 2.27. The normalized spacial score (nSPS) is 15.9. The van der Waals surface area contributed by atoms with Gasteiger partial charge in [0, 0.05) is 70.6 Å². The number of carbonyl (C=O) groups excluding carboxylic acids is 1. The van der Waals surface area contributed by atoms with E-state index in [0.717, 1.165) is 192 Å². The van der Waals surface area contributed by atoms with E-state index < -0.39 is 5.97 Å². The quantitative estimate of drug-likeness (QED) is 0.0628. The molecular formula is C61H79Cl6N9O6. The molecule has 82 heavy (non-hydrogen) atoms. The lowest BCUT2D eigenvalue weighted by Crippen LogP contribution is -2.33. The van der Waals surface area contributed by atoms with Gasteiger partial charge in [0.1, 0.15) is 17.2 Å². The summed E-state index contributed by atoms with van der Waals surface area (Å²) in [4.78, 5) is 32.8. The van der Waals surface area contributed by atoms with Crippen molar-refractivity contribution in [3.05, 3.63) is 134 Å². The van der Waals surface area contributed by atoms with Gasteiger partial charge in [0.15, 0.2) is 11.2 Å². The lowest BCUT2D eigenvalue weighted by Gasteiger charge is -2.31. The van der Waals surface area contributed by atoms with E-state index in [0.29, 0.717) is 5.02 Å². The zero-order valence-corrected chi connectivity index (χ0v) is 52.4. The molecule has 5 aromatic heterocycles. The molecule has 4 aliphatic rings. The number of hydrogen-bond donors (Lipinski definition) is 0. The lowest BCUT2D eigenvalue weighted by molar-refractivity contribution is 0.0594. The molecule has 4 fully saturated rings. The number of hydrogen-bond acceptors (Lipinski definition) is 15. The zero-order valence-electron chi connectivity index (χ0n) is 47.7. The molecule has 2 aliphatic carbocycles. The molecule has 2 aliphatic heterocycles. The standard InChI is InChI=1S/2C27H35ClN4O2.C7H6ClNO2.3ClH/c2*1-31(2)17-24-26(33-18-20-3-4-20)8-6-23-25(30-34-27(23)24)7-5-19-10-13-32(14-11-19)16-22-15-21(28)9-12-29-22;1-11-7(10)6-4-5(8)2-3-9-6;;;/h2*6,8-9,12,15,19-20H,3-5,7,10-11,13-14,16-18H2,1-2H3;2-4H,1H3;3*1H. The van der Waals surface area contributed by atoms with Gasteiger partial charge in [-0.05, 0) is 216 Å². The van der Waals surface area contributed by atoms with E-state index in [1.165, 1.54) is 70.7 Å². The molecule has 15 nitrogen and oxygen atoms in total. The fourth-order valence-corrected chi connectivity index (χ4v) is 11.0. The van der Waals surface area contributed by atoms with E-state index in [1.807, 2.05) is 24.3 Å². The summed E-state index contributed by atoms with van der Waals surface area (Å²) >= 11 is 17.8. The van der Waals surface area contributed by atoms with E-state index in [4.69, 9.17) is 53.3 Å². The fraction of sp³-hybridized carbons (Fsp3) is 0.508. The number of piperidine rings is 2. The molecule has 7 aromatic rings. The van der Waals surface area contributed by atoms with Crippen molar-refractivity contribution in [2.24, 2.45) is 23.7 Å². The van der Waals surface area contributed by atoms with Crippen molar-refractivity contribution in [1.29, 1.82) is 0 Å². The Morgan fingerprint density at radius 2 is 0.963 bits per heavy atom. The van der Waals surface area contributed by atoms with Gasteiger partial charge in [-0.2, -0.15) is 0 Å². The van der Waals surface area contributed by atoms with E-state index in [9.17, 15) is 4.79 Å². The van der Waals surface area contributed by atoms with Crippen molar-refractivity contribution in [1.82, 2.24) is 44.9 Å². The summed E-state index contributed by atoms with van der Waals surface area (Å²) in [7, 11) is 9.61. The summed E-state index contributed by atoms with van der Waals surface area (Å²) in [6.45, 7) is 9.35. The molecule has 0 spiro atoms. The van der Waals surface area contributed by atoms with Crippen LogP contribution in [0.4, 0.5) is 0 Å². The SMILES string of the molecule is CN(C)Cc1c(OCC2CC2)ccc2c(CCC3CCN(Cc4cc(Cl)ccn4)CC3)noc12.CN(C)Cc1c(OCC2CC2)ccc2c(CCC3CCN(Cc4cc(Cl)ccn4)CC3)noc12.COC(=O)c1cc(Cl)ccn1.Cl.Cl.Cl. The van der Waals surface area contributed by atoms with Crippen molar-refractivity contribution < 1.29 is 28.1 Å². The third-order valence-corrected chi connectivity index (χ3v) is 16.0. The van der Waals surface area contributed by atoms with Gasteiger partial charge < -0.3 is 33.1 Å². The molecule has 11 rings (SSSR count). The van der Waals surface area contributed by atoms with Crippen LogP contribution in [-0.2, 0) is 43.8 Å². The lowest BCUT2D eigenvalue weighted by atomic mass is 9.91. The highest BCUT2D eigenvalue weighted by molar-refractivity contribution is 6.31. The van der Waals surface area contributed by atoms with Gasteiger partial charge in [-0.3, -0.25) is 19.8 Å². The van der Waals surface area contributed by atoms with Crippen LogP contribution in [0.2, 0.25) is 15.1 Å². The van der Waals surface area contributed by atoms with Crippen LogP contribution in [0.15, 0.2) is 88.3 Å². The van der Waals surface area contributed by atoms with Gasteiger partial charge in [-0.25, -0.2) is 9.78 Å². The Bertz CT molecular complexity index is 2910. The number of ether oxygens (including phenoxy) is 3. The molecule has 2 saturated heterocycles. The summed E-state index contributed by atoms with van der Waals surface area (Å²) in [5, 5.41) is 13.3. The highest BCUT2D eigenvalue weighted by Crippen LogP contribution is 2.37. The van der Waals surface area contributed by atoms with Gasteiger partial charge in [0.05, 0.1) is 54.2 Å². The average molecular weight is 1250 g/mol. The van der Waals surface area contributed by atoms with E-state index in [1.54, 1.807) is 18.5 Å². The minimum atomic E-state index is -0.479. The van der Waals surface area contributed by atoms with Crippen LogP contribution in [0, 0.1) is 23.7 Å². The van der Waals surface area contributed by atoms with Gasteiger partial charge >= 0.3 is 5.97 Å². The third-order valence-electron chi connectivity index (χ3n) is 15.3. The molecule has 0 bridgehead atoms. The van der Waals surface area contributed by atoms with Crippen molar-refractivity contribution in [2.45, 2.75) is 103 Å². The van der Waals surface area contributed by atoms with Gasteiger partial charge in [-0.1, -0.05) is 45.1 Å². The predicted octanol–water partition coefficient (Wildman–Crippen LogP) is 13.9. The van der Waals surface area contributed by atoms with Crippen molar-refractivity contribution >= 4 is 99.9 Å². The monoisotopic (exact) mass is 1240 g/mol. The highest BCUT2D eigenvalue weighted by atomic mass is 35.5.